The van der Waals surface area contributed by atoms with Gasteiger partial charge in [0.15, 0.2) is 0 Å². The molecule has 1 rings (SSSR count). The fraction of sp³-hybridized carbons (Fsp3) is 0.889. The number of aliphatic hydroxyl groups is 1. The molecule has 13 heavy (non-hydrogen) atoms. The van der Waals surface area contributed by atoms with Gasteiger partial charge in [-0.3, -0.25) is 0 Å². The van der Waals surface area contributed by atoms with Crippen molar-refractivity contribution in [3.05, 3.63) is 0 Å². The van der Waals surface area contributed by atoms with Crippen molar-refractivity contribution >= 4 is 11.8 Å². The Balaban J connectivity index is 2.22. The van der Waals surface area contributed by atoms with Crippen molar-refractivity contribution in [2.24, 2.45) is 5.92 Å². The highest BCUT2D eigenvalue weighted by molar-refractivity contribution is 7.99. The third-order valence-electron chi connectivity index (χ3n) is 2.12. The first kappa shape index (κ1) is 10.8. The molecule has 0 aromatic heterocycles. The molecule has 0 aliphatic carbocycles. The molecule has 1 saturated heterocycles. The molecule has 1 N–H and O–H groups in total. The predicted molar refractivity (Wildman–Crippen MR) is 52.5 cm³/mol. The van der Waals surface area contributed by atoms with Gasteiger partial charge in [0.2, 0.25) is 0 Å². The molecule has 0 radical (unpaired) electrons. The number of nitriles is 1. The van der Waals surface area contributed by atoms with Crippen LogP contribution in [0.1, 0.15) is 12.8 Å². The van der Waals surface area contributed by atoms with Crippen molar-refractivity contribution in [2.45, 2.75) is 18.9 Å². The number of ether oxygens (including phenoxy) is 1. The third kappa shape index (κ3) is 3.55. The first-order valence-corrected chi connectivity index (χ1v) is 5.73. The second-order valence-electron chi connectivity index (χ2n) is 3.12. The van der Waals surface area contributed by atoms with Gasteiger partial charge in [0, 0.05) is 12.5 Å². The summed E-state index contributed by atoms with van der Waals surface area (Å²) in [4.78, 5) is 0. The minimum absolute atomic E-state index is 0.136. The summed E-state index contributed by atoms with van der Waals surface area (Å²) in [6.45, 7) is 0.632. The van der Waals surface area contributed by atoms with Crippen LogP contribution in [0.15, 0.2) is 0 Å². The Morgan fingerprint density at radius 1 is 1.69 bits per heavy atom. The zero-order chi connectivity index (χ0) is 9.52. The quantitative estimate of drug-likeness (QED) is 0.675. The summed E-state index contributed by atoms with van der Waals surface area (Å²) in [5.74, 6) is 2.58. The summed E-state index contributed by atoms with van der Waals surface area (Å²) in [5, 5.41) is 17.4. The molecule has 4 heteroatoms. The Morgan fingerprint density at radius 2 is 2.54 bits per heavy atom. The van der Waals surface area contributed by atoms with E-state index in [1.54, 1.807) is 0 Å². The van der Waals surface area contributed by atoms with Crippen LogP contribution in [0.2, 0.25) is 0 Å². The number of aliphatic hydroxyl groups excluding tert-OH is 1. The van der Waals surface area contributed by atoms with Crippen LogP contribution in [0, 0.1) is 17.2 Å². The van der Waals surface area contributed by atoms with Crippen LogP contribution in [0.5, 0.6) is 0 Å². The molecular formula is C9H15NO2S. The molecule has 0 saturated carbocycles. The summed E-state index contributed by atoms with van der Waals surface area (Å²) < 4.78 is 5.38. The summed E-state index contributed by atoms with van der Waals surface area (Å²) >= 11 is 1.88. The van der Waals surface area contributed by atoms with Crippen LogP contribution in [0.25, 0.3) is 0 Å². The van der Waals surface area contributed by atoms with Crippen molar-refractivity contribution in [1.29, 1.82) is 5.26 Å². The van der Waals surface area contributed by atoms with Crippen molar-refractivity contribution in [2.75, 3.05) is 24.7 Å². The lowest BCUT2D eigenvalue weighted by atomic mass is 10.0. The molecule has 3 nitrogen and oxygen atoms in total. The maximum atomic E-state index is 8.84. The second-order valence-corrected chi connectivity index (χ2v) is 4.27. The van der Waals surface area contributed by atoms with Crippen LogP contribution in [-0.2, 0) is 4.74 Å². The molecule has 2 atom stereocenters. The van der Waals surface area contributed by atoms with Gasteiger partial charge >= 0.3 is 0 Å². The van der Waals surface area contributed by atoms with E-state index in [0.717, 1.165) is 17.9 Å². The topological polar surface area (TPSA) is 53.2 Å². The molecular weight excluding hydrogens is 186 g/mol. The molecule has 1 aliphatic heterocycles. The monoisotopic (exact) mass is 201 g/mol. The molecule has 0 aromatic carbocycles. The standard InChI is InChI=1S/C9H15NO2S/c10-6-9(12-4-1-3-11)8-2-5-13-7-8/h8-9,11H,1-5,7H2. The Hall–Kier alpha value is -0.240. The van der Waals surface area contributed by atoms with Crippen LogP contribution in [0.3, 0.4) is 0 Å². The highest BCUT2D eigenvalue weighted by Gasteiger charge is 2.25. The third-order valence-corrected chi connectivity index (χ3v) is 3.31. The van der Waals surface area contributed by atoms with Gasteiger partial charge in [-0.1, -0.05) is 0 Å². The summed E-state index contributed by atoms with van der Waals surface area (Å²) in [5.41, 5.74) is 0. The summed E-state index contributed by atoms with van der Waals surface area (Å²) in [6, 6.07) is 2.19. The molecule has 0 bridgehead atoms. The summed E-state index contributed by atoms with van der Waals surface area (Å²) in [7, 11) is 0. The highest BCUT2D eigenvalue weighted by Crippen LogP contribution is 2.27. The molecule has 0 aromatic rings. The van der Waals surface area contributed by atoms with Crippen LogP contribution in [-0.4, -0.2) is 35.9 Å². The lowest BCUT2D eigenvalue weighted by molar-refractivity contribution is 0.0481. The van der Waals surface area contributed by atoms with Crippen molar-refractivity contribution < 1.29 is 9.84 Å². The van der Waals surface area contributed by atoms with Gasteiger partial charge in [0.05, 0.1) is 12.7 Å². The van der Waals surface area contributed by atoms with E-state index in [-0.39, 0.29) is 12.7 Å². The average molecular weight is 201 g/mol. The zero-order valence-electron chi connectivity index (χ0n) is 7.61. The van der Waals surface area contributed by atoms with Crippen molar-refractivity contribution in [1.82, 2.24) is 0 Å². The minimum Gasteiger partial charge on any atom is -0.396 e. The molecule has 0 spiro atoms. The van der Waals surface area contributed by atoms with E-state index >= 15 is 0 Å². The van der Waals surface area contributed by atoms with Crippen LogP contribution in [0.4, 0.5) is 0 Å². The first-order valence-electron chi connectivity index (χ1n) is 4.58. The van der Waals surface area contributed by atoms with Crippen LogP contribution < -0.4 is 0 Å². The summed E-state index contributed by atoms with van der Waals surface area (Å²) in [6.07, 6.45) is 1.45. The van der Waals surface area contributed by atoms with Gasteiger partial charge in [-0.25, -0.2) is 0 Å². The Bertz CT molecular complexity index is 175. The number of thioether (sulfide) groups is 1. The number of nitrogens with zero attached hydrogens (tertiary/aromatic N) is 1. The van der Waals surface area contributed by atoms with E-state index in [1.165, 1.54) is 0 Å². The van der Waals surface area contributed by atoms with Crippen molar-refractivity contribution in [3.8, 4) is 6.07 Å². The van der Waals surface area contributed by atoms with E-state index < -0.39 is 0 Å². The Labute approximate surface area is 83.1 Å². The lowest BCUT2D eigenvalue weighted by Gasteiger charge is -2.15. The molecule has 0 amide bonds. The molecule has 74 valence electrons. The van der Waals surface area contributed by atoms with Gasteiger partial charge in [-0.15, -0.1) is 0 Å². The maximum absolute atomic E-state index is 8.84. The average Bonchev–Trinajstić information content (AvgIpc) is 2.65. The maximum Gasteiger partial charge on any atom is 0.147 e. The Morgan fingerprint density at radius 3 is 3.08 bits per heavy atom. The number of hydrogen-bond donors (Lipinski definition) is 1. The van der Waals surface area contributed by atoms with Crippen LogP contribution >= 0.6 is 11.8 Å². The van der Waals surface area contributed by atoms with E-state index in [2.05, 4.69) is 6.07 Å². The predicted octanol–water partition coefficient (Wildman–Crippen LogP) is 1.03. The number of rotatable bonds is 5. The van der Waals surface area contributed by atoms with Gasteiger partial charge in [0.1, 0.15) is 6.10 Å². The number of hydrogen-bond acceptors (Lipinski definition) is 4. The van der Waals surface area contributed by atoms with Crippen molar-refractivity contribution in [3.63, 3.8) is 0 Å². The fourth-order valence-corrected chi connectivity index (χ4v) is 2.63. The minimum atomic E-state index is -0.262. The molecule has 1 heterocycles. The molecule has 1 aliphatic rings. The van der Waals surface area contributed by atoms with Gasteiger partial charge in [-0.05, 0) is 24.3 Å². The van der Waals surface area contributed by atoms with Gasteiger partial charge in [0.25, 0.3) is 0 Å². The highest BCUT2D eigenvalue weighted by atomic mass is 32.2. The van der Waals surface area contributed by atoms with E-state index in [0.29, 0.717) is 18.9 Å². The zero-order valence-corrected chi connectivity index (χ0v) is 8.42. The van der Waals surface area contributed by atoms with Gasteiger partial charge in [-0.2, -0.15) is 17.0 Å². The van der Waals surface area contributed by atoms with E-state index in [4.69, 9.17) is 15.1 Å². The van der Waals surface area contributed by atoms with Gasteiger partial charge < -0.3 is 9.84 Å². The molecule has 1 fully saturated rings. The Kier molecular flexibility index (Phi) is 5.21. The fourth-order valence-electron chi connectivity index (χ4n) is 1.35. The lowest BCUT2D eigenvalue weighted by Crippen LogP contribution is -2.23. The normalized spacial score (nSPS) is 24.2. The second kappa shape index (κ2) is 6.25. The first-order chi connectivity index (χ1) is 6.38. The van der Waals surface area contributed by atoms with E-state index in [1.807, 2.05) is 11.8 Å². The largest absolute Gasteiger partial charge is 0.396 e. The van der Waals surface area contributed by atoms with E-state index in [9.17, 15) is 0 Å². The molecule has 2 unspecified atom stereocenters. The SMILES string of the molecule is N#CC(OCCCO)C1CCSC1. The smallest absolute Gasteiger partial charge is 0.147 e.